The number of hydrogen-bond donors (Lipinski definition) is 1. The number of carbonyl (C=O) groups excluding carboxylic acids is 2. The maximum Gasteiger partial charge on any atom is 0.259 e. The summed E-state index contributed by atoms with van der Waals surface area (Å²) >= 11 is 0. The predicted molar refractivity (Wildman–Crippen MR) is 109 cm³/mol. The normalized spacial score (nSPS) is 20.2. The number of benzene rings is 2. The lowest BCUT2D eigenvalue weighted by molar-refractivity contribution is -0.124. The van der Waals surface area contributed by atoms with E-state index >= 15 is 0 Å². The first-order chi connectivity index (χ1) is 13.7. The third-order valence-electron chi connectivity index (χ3n) is 6.04. The van der Waals surface area contributed by atoms with Crippen LogP contribution in [-0.4, -0.2) is 37.6 Å². The van der Waals surface area contributed by atoms with E-state index in [0.717, 1.165) is 36.9 Å². The number of nitrogens with zero attached hydrogens (tertiary/aromatic N) is 1. The van der Waals surface area contributed by atoms with E-state index in [1.54, 1.807) is 7.11 Å². The molecule has 0 unspecified atom stereocenters. The molecule has 1 heterocycles. The molecule has 0 radical (unpaired) electrons. The van der Waals surface area contributed by atoms with Gasteiger partial charge in [-0.25, -0.2) is 0 Å². The zero-order valence-corrected chi connectivity index (χ0v) is 16.2. The Kier molecular flexibility index (Phi) is 5.18. The van der Waals surface area contributed by atoms with Gasteiger partial charge < -0.3 is 15.0 Å². The average molecular weight is 378 g/mol. The van der Waals surface area contributed by atoms with Gasteiger partial charge in [0.15, 0.2) is 0 Å². The first-order valence-electron chi connectivity index (χ1n) is 9.94. The Morgan fingerprint density at radius 2 is 1.79 bits per heavy atom. The highest BCUT2D eigenvalue weighted by Crippen LogP contribution is 2.51. The van der Waals surface area contributed by atoms with E-state index in [9.17, 15) is 9.59 Å². The highest BCUT2D eigenvalue weighted by molar-refractivity contribution is 6.12. The summed E-state index contributed by atoms with van der Waals surface area (Å²) in [6.45, 7) is 0.928. The predicted octanol–water partition coefficient (Wildman–Crippen LogP) is 3.51. The second-order valence-corrected chi connectivity index (χ2v) is 7.59. The summed E-state index contributed by atoms with van der Waals surface area (Å²) in [5, 5.41) is 3.03. The summed E-state index contributed by atoms with van der Waals surface area (Å²) in [6.07, 6.45) is 3.68. The van der Waals surface area contributed by atoms with Gasteiger partial charge in [0, 0.05) is 24.9 Å². The van der Waals surface area contributed by atoms with E-state index in [0.29, 0.717) is 18.7 Å². The summed E-state index contributed by atoms with van der Waals surface area (Å²) in [7, 11) is 1.62. The van der Waals surface area contributed by atoms with Gasteiger partial charge in [0.1, 0.15) is 0 Å². The molecule has 0 saturated heterocycles. The van der Waals surface area contributed by atoms with E-state index in [1.165, 1.54) is 0 Å². The highest BCUT2D eigenvalue weighted by Gasteiger charge is 2.56. The van der Waals surface area contributed by atoms with Crippen molar-refractivity contribution < 1.29 is 14.3 Å². The van der Waals surface area contributed by atoms with Crippen LogP contribution in [0, 0.1) is 0 Å². The van der Waals surface area contributed by atoms with Gasteiger partial charge in [-0.3, -0.25) is 9.59 Å². The third-order valence-corrected chi connectivity index (χ3v) is 6.04. The lowest BCUT2D eigenvalue weighted by Gasteiger charge is -2.50. The molecule has 2 aromatic carbocycles. The molecule has 4 rings (SSSR count). The summed E-state index contributed by atoms with van der Waals surface area (Å²) in [5.74, 6) is -0.426. The van der Waals surface area contributed by atoms with Crippen LogP contribution < -0.4 is 10.2 Å². The van der Waals surface area contributed by atoms with Crippen LogP contribution in [0.15, 0.2) is 54.6 Å². The van der Waals surface area contributed by atoms with Crippen molar-refractivity contribution in [1.82, 2.24) is 5.32 Å². The van der Waals surface area contributed by atoms with Crippen molar-refractivity contribution >= 4 is 17.5 Å². The van der Waals surface area contributed by atoms with Crippen LogP contribution in [0.25, 0.3) is 0 Å². The Balaban J connectivity index is 1.85. The molecule has 0 bridgehead atoms. The molecule has 1 aliphatic carbocycles. The fraction of sp³-hybridized carbons (Fsp3) is 0.391. The monoisotopic (exact) mass is 378 g/mol. The number of fused-ring (bicyclic) bond motifs is 1. The van der Waals surface area contributed by atoms with Crippen molar-refractivity contribution in [3.63, 3.8) is 0 Å². The van der Waals surface area contributed by atoms with Crippen LogP contribution in [0.1, 0.15) is 47.5 Å². The Hall–Kier alpha value is -2.66. The van der Waals surface area contributed by atoms with Crippen molar-refractivity contribution in [1.29, 1.82) is 0 Å². The van der Waals surface area contributed by atoms with E-state index in [-0.39, 0.29) is 17.7 Å². The van der Waals surface area contributed by atoms with Crippen LogP contribution >= 0.6 is 0 Å². The number of carbonyl (C=O) groups is 2. The van der Waals surface area contributed by atoms with Gasteiger partial charge in [0.25, 0.3) is 5.91 Å². The number of rotatable bonds is 5. The molecule has 2 amide bonds. The zero-order chi connectivity index (χ0) is 19.6. The van der Waals surface area contributed by atoms with Crippen LogP contribution in [-0.2, 0) is 9.53 Å². The summed E-state index contributed by atoms with van der Waals surface area (Å²) < 4.78 is 5.09. The van der Waals surface area contributed by atoms with Gasteiger partial charge in [0.2, 0.25) is 5.91 Å². The minimum Gasteiger partial charge on any atom is -0.383 e. The van der Waals surface area contributed by atoms with Gasteiger partial charge in [-0.1, -0.05) is 49.2 Å². The Bertz CT molecular complexity index is 859. The average Bonchev–Trinajstić information content (AvgIpc) is 3.18. The molecule has 5 heteroatoms. The summed E-state index contributed by atoms with van der Waals surface area (Å²) in [5.41, 5.74) is 1.80. The Morgan fingerprint density at radius 3 is 2.50 bits per heavy atom. The quantitative estimate of drug-likeness (QED) is 0.810. The van der Waals surface area contributed by atoms with Crippen molar-refractivity contribution in [2.24, 2.45) is 0 Å². The fourth-order valence-corrected chi connectivity index (χ4v) is 4.90. The standard InChI is InChI=1S/C23H26N2O3/c1-28-16-15-24-21(26)20-18-11-5-6-12-19(18)22(27)25(17-9-3-2-4-10-17)23(20)13-7-8-14-23/h2-6,9-12,20H,7-8,13-16H2,1H3,(H,24,26)/t20-/m1/s1. The minimum absolute atomic E-state index is 0.00959. The highest BCUT2D eigenvalue weighted by atomic mass is 16.5. The van der Waals surface area contributed by atoms with Crippen LogP contribution in [0.5, 0.6) is 0 Å². The molecular formula is C23H26N2O3. The lowest BCUT2D eigenvalue weighted by atomic mass is 9.70. The third kappa shape index (κ3) is 3.00. The largest absolute Gasteiger partial charge is 0.383 e. The number of nitrogens with one attached hydrogen (secondary N) is 1. The van der Waals surface area contributed by atoms with Gasteiger partial charge in [0.05, 0.1) is 18.1 Å². The molecule has 1 spiro atoms. The van der Waals surface area contributed by atoms with Crippen LogP contribution in [0.3, 0.4) is 0 Å². The van der Waals surface area contributed by atoms with E-state index < -0.39 is 5.54 Å². The number of para-hydroxylation sites is 1. The number of methoxy groups -OCH3 is 1. The van der Waals surface area contributed by atoms with Gasteiger partial charge in [-0.2, -0.15) is 0 Å². The van der Waals surface area contributed by atoms with Gasteiger partial charge >= 0.3 is 0 Å². The molecule has 1 saturated carbocycles. The van der Waals surface area contributed by atoms with E-state index in [1.807, 2.05) is 59.5 Å². The molecule has 5 nitrogen and oxygen atoms in total. The van der Waals surface area contributed by atoms with Crippen molar-refractivity contribution in [2.45, 2.75) is 37.1 Å². The SMILES string of the molecule is COCCNC(=O)[C@H]1c2ccccc2C(=O)N(c2ccccc2)C12CCCC2. The fourth-order valence-electron chi connectivity index (χ4n) is 4.90. The second-order valence-electron chi connectivity index (χ2n) is 7.59. The topological polar surface area (TPSA) is 58.6 Å². The zero-order valence-electron chi connectivity index (χ0n) is 16.2. The van der Waals surface area contributed by atoms with Gasteiger partial charge in [-0.05, 0) is 36.6 Å². The second kappa shape index (κ2) is 7.76. The molecular weight excluding hydrogens is 352 g/mol. The summed E-state index contributed by atoms with van der Waals surface area (Å²) in [6, 6.07) is 17.3. The molecule has 1 atom stereocenters. The first kappa shape index (κ1) is 18.7. The summed E-state index contributed by atoms with van der Waals surface area (Å²) in [4.78, 5) is 28.9. The van der Waals surface area contributed by atoms with Crippen LogP contribution in [0.2, 0.25) is 0 Å². The first-order valence-corrected chi connectivity index (χ1v) is 9.94. The maximum atomic E-state index is 13.6. The molecule has 2 aromatic rings. The van der Waals surface area contributed by atoms with E-state index in [2.05, 4.69) is 5.32 Å². The number of hydrogen-bond acceptors (Lipinski definition) is 3. The minimum atomic E-state index is -0.524. The molecule has 0 aromatic heterocycles. The Morgan fingerprint density at radius 1 is 1.11 bits per heavy atom. The smallest absolute Gasteiger partial charge is 0.259 e. The molecule has 1 fully saturated rings. The van der Waals surface area contributed by atoms with Crippen molar-refractivity contribution in [2.75, 3.05) is 25.2 Å². The van der Waals surface area contributed by atoms with E-state index in [4.69, 9.17) is 4.74 Å². The number of anilines is 1. The molecule has 2 aliphatic rings. The molecule has 146 valence electrons. The van der Waals surface area contributed by atoms with Crippen molar-refractivity contribution in [3.05, 3.63) is 65.7 Å². The maximum absolute atomic E-state index is 13.6. The van der Waals surface area contributed by atoms with Crippen molar-refractivity contribution in [3.8, 4) is 0 Å². The van der Waals surface area contributed by atoms with Gasteiger partial charge in [-0.15, -0.1) is 0 Å². The molecule has 1 aliphatic heterocycles. The Labute approximate surface area is 165 Å². The molecule has 1 N–H and O–H groups in total. The number of ether oxygens (including phenoxy) is 1. The lowest BCUT2D eigenvalue weighted by Crippen LogP contribution is -2.61. The number of amides is 2. The van der Waals surface area contributed by atoms with Crippen LogP contribution in [0.4, 0.5) is 5.69 Å². The molecule has 28 heavy (non-hydrogen) atoms.